The zero-order valence-electron chi connectivity index (χ0n) is 17.9. The summed E-state index contributed by atoms with van der Waals surface area (Å²) >= 11 is 0. The van der Waals surface area contributed by atoms with E-state index in [4.69, 9.17) is 0 Å². The number of piperidine rings is 1. The normalized spacial score (nSPS) is 22.8. The molecule has 2 heterocycles. The molecule has 2 aromatic rings. The van der Waals surface area contributed by atoms with Crippen LogP contribution in [0.2, 0.25) is 0 Å². The van der Waals surface area contributed by atoms with Crippen LogP contribution in [0.15, 0.2) is 48.5 Å². The van der Waals surface area contributed by atoms with Crippen LogP contribution in [-0.4, -0.2) is 51.2 Å². The highest BCUT2D eigenvalue weighted by Crippen LogP contribution is 2.50. The lowest BCUT2D eigenvalue weighted by molar-refractivity contribution is -0.124. The van der Waals surface area contributed by atoms with E-state index in [1.165, 1.54) is 5.69 Å². The monoisotopic (exact) mass is 422 g/mol. The van der Waals surface area contributed by atoms with Crippen molar-refractivity contribution in [3.8, 4) is 0 Å². The number of amides is 1. The Labute approximate surface area is 183 Å². The fraction of sp³-hybridized carbons (Fsp3) is 0.480. The van der Waals surface area contributed by atoms with Crippen LogP contribution in [-0.2, 0) is 10.2 Å². The molecule has 164 valence electrons. The van der Waals surface area contributed by atoms with Crippen molar-refractivity contribution in [2.45, 2.75) is 37.1 Å². The fourth-order valence-electron chi connectivity index (χ4n) is 5.05. The molecule has 2 saturated heterocycles. The third-order valence-corrected chi connectivity index (χ3v) is 7.01. The maximum Gasteiger partial charge on any atom is 0.231 e. The Kier molecular flexibility index (Phi) is 5.57. The van der Waals surface area contributed by atoms with Crippen LogP contribution in [0.4, 0.5) is 15.8 Å². The highest BCUT2D eigenvalue weighted by atomic mass is 19.1. The van der Waals surface area contributed by atoms with Crippen LogP contribution < -0.4 is 20.4 Å². The summed E-state index contributed by atoms with van der Waals surface area (Å²) in [6, 6.07) is 15.9. The molecule has 0 aromatic heterocycles. The number of carbonyl (C=O) groups excluding carboxylic acids is 1. The minimum atomic E-state index is -0.693. The molecule has 2 aromatic carbocycles. The zero-order chi connectivity index (χ0) is 21.3. The third kappa shape index (κ3) is 4.13. The van der Waals surface area contributed by atoms with Gasteiger partial charge in [0.1, 0.15) is 5.82 Å². The van der Waals surface area contributed by atoms with Gasteiger partial charge >= 0.3 is 0 Å². The topological polar surface area (TPSA) is 47.6 Å². The molecule has 6 heteroatoms. The first kappa shape index (κ1) is 20.3. The molecular weight excluding hydrogens is 391 g/mol. The Hall–Kier alpha value is -2.60. The summed E-state index contributed by atoms with van der Waals surface area (Å²) in [6.07, 6.45) is 3.45. The van der Waals surface area contributed by atoms with E-state index in [-0.39, 0.29) is 17.8 Å². The second-order valence-corrected chi connectivity index (χ2v) is 9.08. The van der Waals surface area contributed by atoms with Crippen LogP contribution in [0.3, 0.4) is 0 Å². The van der Waals surface area contributed by atoms with E-state index >= 15 is 4.39 Å². The summed E-state index contributed by atoms with van der Waals surface area (Å²) in [7, 11) is 0. The van der Waals surface area contributed by atoms with Crippen LogP contribution in [0.5, 0.6) is 0 Å². The maximum absolute atomic E-state index is 15.1. The molecule has 0 unspecified atom stereocenters. The van der Waals surface area contributed by atoms with Gasteiger partial charge in [-0.2, -0.15) is 0 Å². The number of benzene rings is 2. The highest BCUT2D eigenvalue weighted by Gasteiger charge is 2.53. The number of hydrogen-bond donors (Lipinski definition) is 2. The van der Waals surface area contributed by atoms with Gasteiger partial charge in [-0.25, -0.2) is 4.39 Å². The zero-order valence-corrected chi connectivity index (χ0v) is 17.9. The lowest BCUT2D eigenvalue weighted by Crippen LogP contribution is -2.50. The molecule has 3 fully saturated rings. The quantitative estimate of drug-likeness (QED) is 0.778. The Morgan fingerprint density at radius 2 is 1.77 bits per heavy atom. The summed E-state index contributed by atoms with van der Waals surface area (Å²) in [5, 5.41) is 6.58. The molecule has 31 heavy (non-hydrogen) atoms. The second kappa shape index (κ2) is 8.50. The van der Waals surface area contributed by atoms with Crippen molar-refractivity contribution in [1.29, 1.82) is 0 Å². The van der Waals surface area contributed by atoms with Crippen molar-refractivity contribution in [3.63, 3.8) is 0 Å². The third-order valence-electron chi connectivity index (χ3n) is 7.01. The minimum Gasteiger partial charge on any atom is -0.369 e. The maximum atomic E-state index is 15.1. The summed E-state index contributed by atoms with van der Waals surface area (Å²) in [5.41, 5.74) is 1.96. The van der Waals surface area contributed by atoms with Gasteiger partial charge in [-0.1, -0.05) is 24.3 Å². The van der Waals surface area contributed by atoms with Crippen molar-refractivity contribution in [1.82, 2.24) is 10.6 Å². The molecule has 2 aliphatic heterocycles. The van der Waals surface area contributed by atoms with Gasteiger partial charge < -0.3 is 20.4 Å². The predicted molar refractivity (Wildman–Crippen MR) is 122 cm³/mol. The van der Waals surface area contributed by atoms with Crippen molar-refractivity contribution in [2.75, 3.05) is 49.1 Å². The van der Waals surface area contributed by atoms with E-state index in [0.29, 0.717) is 5.56 Å². The largest absolute Gasteiger partial charge is 0.369 e. The van der Waals surface area contributed by atoms with Gasteiger partial charge in [-0.05, 0) is 49.9 Å². The molecule has 1 aliphatic carbocycles. The van der Waals surface area contributed by atoms with Crippen molar-refractivity contribution < 1.29 is 9.18 Å². The minimum absolute atomic E-state index is 0.0127. The molecule has 0 bridgehead atoms. The number of carbonyl (C=O) groups is 1. The molecule has 0 radical (unpaired) electrons. The van der Waals surface area contributed by atoms with E-state index in [2.05, 4.69) is 32.6 Å². The van der Waals surface area contributed by atoms with E-state index in [1.807, 2.05) is 30.3 Å². The molecule has 5 rings (SSSR count). The Morgan fingerprint density at radius 3 is 2.48 bits per heavy atom. The van der Waals surface area contributed by atoms with Crippen molar-refractivity contribution in [3.05, 3.63) is 59.9 Å². The van der Waals surface area contributed by atoms with Crippen molar-refractivity contribution >= 4 is 17.3 Å². The number of rotatable bonds is 5. The van der Waals surface area contributed by atoms with E-state index in [9.17, 15) is 4.79 Å². The van der Waals surface area contributed by atoms with Gasteiger partial charge in [-0.15, -0.1) is 0 Å². The first-order valence-corrected chi connectivity index (χ1v) is 11.5. The van der Waals surface area contributed by atoms with Crippen molar-refractivity contribution in [2.24, 2.45) is 0 Å². The summed E-state index contributed by atoms with van der Waals surface area (Å²) in [6.45, 7) is 5.39. The highest BCUT2D eigenvalue weighted by molar-refractivity contribution is 5.91. The second-order valence-electron chi connectivity index (χ2n) is 9.08. The lowest BCUT2D eigenvalue weighted by atomic mass is 9.93. The Balaban J connectivity index is 1.27. The van der Waals surface area contributed by atoms with Gasteiger partial charge in [0.25, 0.3) is 0 Å². The SMILES string of the molecule is O=C(N[C@H]1CCCN(c2ccccc2)C1)C1(c2ccc(N3CCNCC3)cc2F)CC1. The van der Waals surface area contributed by atoms with Gasteiger partial charge in [0.05, 0.1) is 5.41 Å². The number of anilines is 2. The fourth-order valence-corrected chi connectivity index (χ4v) is 5.05. The van der Waals surface area contributed by atoms with E-state index in [0.717, 1.165) is 70.6 Å². The standard InChI is InChI=1S/C25H31FN4O/c26-23-17-21(29-15-12-27-13-16-29)8-9-22(23)25(10-11-25)24(31)28-19-5-4-14-30(18-19)20-6-2-1-3-7-20/h1-3,6-9,17,19,27H,4-5,10-16,18H2,(H,28,31)/t19-/m0/s1. The molecule has 3 aliphatic rings. The van der Waals surface area contributed by atoms with Gasteiger partial charge in [-0.3, -0.25) is 4.79 Å². The predicted octanol–water partition coefficient (Wildman–Crippen LogP) is 3.05. The van der Waals surface area contributed by atoms with E-state index in [1.54, 1.807) is 6.07 Å². The van der Waals surface area contributed by atoms with Crippen LogP contribution in [0.25, 0.3) is 0 Å². The number of nitrogens with one attached hydrogen (secondary N) is 2. The lowest BCUT2D eigenvalue weighted by Gasteiger charge is -2.35. The Morgan fingerprint density at radius 1 is 1.00 bits per heavy atom. The molecule has 0 spiro atoms. The smallest absolute Gasteiger partial charge is 0.231 e. The molecule has 1 amide bonds. The molecule has 1 saturated carbocycles. The van der Waals surface area contributed by atoms with Gasteiger partial charge in [0.2, 0.25) is 5.91 Å². The van der Waals surface area contributed by atoms with Crippen LogP contribution in [0, 0.1) is 5.82 Å². The van der Waals surface area contributed by atoms with Gasteiger partial charge in [0, 0.05) is 62.2 Å². The van der Waals surface area contributed by atoms with Gasteiger partial charge in [0.15, 0.2) is 0 Å². The number of hydrogen-bond acceptors (Lipinski definition) is 4. The molecule has 1 atom stereocenters. The average molecular weight is 423 g/mol. The molecule has 2 N–H and O–H groups in total. The molecule has 5 nitrogen and oxygen atoms in total. The summed E-state index contributed by atoms with van der Waals surface area (Å²) in [4.78, 5) is 17.8. The first-order valence-electron chi connectivity index (χ1n) is 11.5. The van der Waals surface area contributed by atoms with E-state index < -0.39 is 5.41 Å². The number of halogens is 1. The summed E-state index contributed by atoms with van der Waals surface area (Å²) in [5.74, 6) is -0.264. The van der Waals surface area contributed by atoms with Crippen LogP contribution in [0.1, 0.15) is 31.2 Å². The first-order chi connectivity index (χ1) is 15.2. The van der Waals surface area contributed by atoms with Crippen LogP contribution >= 0.6 is 0 Å². The Bertz CT molecular complexity index is 924. The number of piperazine rings is 1. The average Bonchev–Trinajstić information content (AvgIpc) is 3.62. The number of para-hydroxylation sites is 1. The summed E-state index contributed by atoms with van der Waals surface area (Å²) < 4.78 is 15.1. The molecular formula is C25H31FN4O. The number of nitrogens with zero attached hydrogens (tertiary/aromatic N) is 2.